The second-order valence-electron chi connectivity index (χ2n) is 3.26. The van der Waals surface area contributed by atoms with Gasteiger partial charge < -0.3 is 14.8 Å². The Bertz CT molecular complexity index is 604. The molecule has 0 radical (unpaired) electrons. The van der Waals surface area contributed by atoms with Crippen LogP contribution < -0.4 is 5.56 Å². The number of aryl methyl sites for hydroxylation is 1. The smallest absolute Gasteiger partial charge is 0.317 e. The topological polar surface area (TPSA) is 88.2 Å². The third kappa shape index (κ3) is 1.30. The third-order valence-electron chi connectivity index (χ3n) is 2.30. The van der Waals surface area contributed by atoms with Gasteiger partial charge in [-0.25, -0.2) is 0 Å². The van der Waals surface area contributed by atoms with E-state index in [0.717, 1.165) is 0 Å². The summed E-state index contributed by atoms with van der Waals surface area (Å²) in [5.41, 5.74) is 0.309. The van der Waals surface area contributed by atoms with Crippen molar-refractivity contribution in [3.8, 4) is 11.9 Å². The quantitative estimate of drug-likeness (QED) is 0.637. The Kier molecular flexibility index (Phi) is 1.85. The van der Waals surface area contributed by atoms with E-state index in [4.69, 9.17) is 5.11 Å². The zero-order valence-electron chi connectivity index (χ0n) is 8.22. The third-order valence-corrected chi connectivity index (χ3v) is 2.30. The molecule has 0 aliphatic carbocycles. The van der Waals surface area contributed by atoms with Crippen LogP contribution in [-0.4, -0.2) is 24.7 Å². The van der Waals surface area contributed by atoms with Crippen molar-refractivity contribution in [1.82, 2.24) is 14.5 Å². The Hall–Kier alpha value is -2.11. The maximum atomic E-state index is 11.7. The fourth-order valence-corrected chi connectivity index (χ4v) is 1.37. The molecule has 2 heterocycles. The summed E-state index contributed by atoms with van der Waals surface area (Å²) in [4.78, 5) is 18.7. The molecule has 0 bridgehead atoms. The molecule has 2 rings (SSSR count). The highest BCUT2D eigenvalue weighted by atomic mass is 16.3. The van der Waals surface area contributed by atoms with Crippen molar-refractivity contribution in [2.45, 2.75) is 6.92 Å². The van der Waals surface area contributed by atoms with Gasteiger partial charge in [0.1, 0.15) is 5.52 Å². The molecular formula is C9H9N3O3. The number of nitrogens with zero attached hydrogens (tertiary/aromatic N) is 3. The minimum absolute atomic E-state index is 0.00750. The van der Waals surface area contributed by atoms with Gasteiger partial charge in [-0.2, -0.15) is 9.97 Å². The Labute approximate surface area is 84.5 Å². The number of hydrogen-bond donors (Lipinski definition) is 2. The number of aromatic hydroxyl groups is 2. The second kappa shape index (κ2) is 2.94. The van der Waals surface area contributed by atoms with E-state index in [1.165, 1.54) is 4.57 Å². The van der Waals surface area contributed by atoms with E-state index in [-0.39, 0.29) is 16.5 Å². The van der Waals surface area contributed by atoms with Crippen molar-refractivity contribution in [2.75, 3.05) is 0 Å². The van der Waals surface area contributed by atoms with Crippen molar-refractivity contribution in [2.24, 2.45) is 7.05 Å². The van der Waals surface area contributed by atoms with E-state index in [1.54, 1.807) is 20.0 Å². The lowest BCUT2D eigenvalue weighted by Crippen LogP contribution is -2.19. The first-order valence-corrected chi connectivity index (χ1v) is 4.27. The molecule has 0 aliphatic rings. The zero-order valence-corrected chi connectivity index (χ0v) is 8.22. The van der Waals surface area contributed by atoms with E-state index in [2.05, 4.69) is 9.97 Å². The molecule has 0 aliphatic heterocycles. The Morgan fingerprint density at radius 2 is 2.00 bits per heavy atom. The molecule has 6 heteroatoms. The van der Waals surface area contributed by atoms with Gasteiger partial charge in [-0.05, 0) is 13.0 Å². The van der Waals surface area contributed by atoms with Crippen LogP contribution in [0.4, 0.5) is 0 Å². The molecule has 2 aromatic heterocycles. The van der Waals surface area contributed by atoms with Crippen molar-refractivity contribution < 1.29 is 10.2 Å². The normalized spacial score (nSPS) is 10.8. The summed E-state index contributed by atoms with van der Waals surface area (Å²) in [6, 6.07) is 0.979. The van der Waals surface area contributed by atoms with Crippen molar-refractivity contribution in [1.29, 1.82) is 0 Å². The van der Waals surface area contributed by atoms with Gasteiger partial charge in [0.15, 0.2) is 0 Å². The minimum Gasteiger partial charge on any atom is -0.493 e. The zero-order chi connectivity index (χ0) is 11.2. The Morgan fingerprint density at radius 3 is 2.67 bits per heavy atom. The molecule has 2 aromatic rings. The fourth-order valence-electron chi connectivity index (χ4n) is 1.37. The number of hydrogen-bond acceptors (Lipinski definition) is 5. The van der Waals surface area contributed by atoms with Gasteiger partial charge in [0.25, 0.3) is 5.56 Å². The van der Waals surface area contributed by atoms with Gasteiger partial charge >= 0.3 is 6.01 Å². The van der Waals surface area contributed by atoms with Crippen LogP contribution in [0.2, 0.25) is 0 Å². The first-order valence-electron chi connectivity index (χ1n) is 4.27. The molecular weight excluding hydrogens is 198 g/mol. The van der Waals surface area contributed by atoms with E-state index in [9.17, 15) is 9.90 Å². The van der Waals surface area contributed by atoms with Gasteiger partial charge in [0.05, 0.1) is 5.39 Å². The van der Waals surface area contributed by atoms with Crippen LogP contribution in [0, 0.1) is 6.92 Å². The molecule has 0 fully saturated rings. The van der Waals surface area contributed by atoms with Crippen LogP contribution in [0.5, 0.6) is 11.9 Å². The molecule has 0 amide bonds. The predicted molar refractivity (Wildman–Crippen MR) is 52.8 cm³/mol. The summed E-state index contributed by atoms with van der Waals surface area (Å²) >= 11 is 0. The summed E-state index contributed by atoms with van der Waals surface area (Å²) in [6.07, 6.45) is 0. The van der Waals surface area contributed by atoms with Crippen LogP contribution in [-0.2, 0) is 7.05 Å². The van der Waals surface area contributed by atoms with E-state index < -0.39 is 11.9 Å². The molecule has 0 unspecified atom stereocenters. The number of aromatic nitrogens is 3. The summed E-state index contributed by atoms with van der Waals surface area (Å²) in [5, 5.41) is 18.7. The molecule has 78 valence electrons. The van der Waals surface area contributed by atoms with Crippen LogP contribution in [0.15, 0.2) is 10.9 Å². The molecule has 0 aromatic carbocycles. The van der Waals surface area contributed by atoms with Crippen LogP contribution >= 0.6 is 0 Å². The van der Waals surface area contributed by atoms with Crippen LogP contribution in [0.1, 0.15) is 5.69 Å². The molecule has 0 saturated heterocycles. The van der Waals surface area contributed by atoms with Crippen LogP contribution in [0.25, 0.3) is 10.9 Å². The molecule has 2 N–H and O–H groups in total. The first kappa shape index (κ1) is 9.45. The summed E-state index contributed by atoms with van der Waals surface area (Å²) in [5.74, 6) is -0.390. The number of fused-ring (bicyclic) bond motifs is 1. The van der Waals surface area contributed by atoms with E-state index >= 15 is 0 Å². The lowest BCUT2D eigenvalue weighted by molar-refractivity contribution is 0.403. The van der Waals surface area contributed by atoms with Crippen molar-refractivity contribution in [3.05, 3.63) is 22.1 Å². The summed E-state index contributed by atoms with van der Waals surface area (Å²) < 4.78 is 1.38. The fraction of sp³-hybridized carbons (Fsp3) is 0.222. The van der Waals surface area contributed by atoms with E-state index in [0.29, 0.717) is 5.69 Å². The maximum Gasteiger partial charge on any atom is 0.317 e. The largest absolute Gasteiger partial charge is 0.493 e. The average molecular weight is 207 g/mol. The predicted octanol–water partition coefficient (Wildman–Crippen LogP) is 0.0481. The Balaban J connectivity index is 3.06. The molecule has 0 saturated carbocycles. The molecule has 0 atom stereocenters. The number of rotatable bonds is 0. The molecule has 6 nitrogen and oxygen atoms in total. The standard InChI is InChI=1S/C9H9N3O3/c1-4-3-5-6(8(14)12(4)2)10-9(15)11-7(5)13/h3H,1-2H3,(H2,10,11,13,15). The highest BCUT2D eigenvalue weighted by Gasteiger charge is 2.11. The van der Waals surface area contributed by atoms with Gasteiger partial charge in [0.2, 0.25) is 5.88 Å². The van der Waals surface area contributed by atoms with Gasteiger partial charge in [0, 0.05) is 12.7 Å². The summed E-state index contributed by atoms with van der Waals surface area (Å²) in [6.45, 7) is 1.73. The van der Waals surface area contributed by atoms with Gasteiger partial charge in [-0.15, -0.1) is 0 Å². The summed E-state index contributed by atoms with van der Waals surface area (Å²) in [7, 11) is 1.59. The van der Waals surface area contributed by atoms with Crippen molar-refractivity contribution in [3.63, 3.8) is 0 Å². The average Bonchev–Trinajstić information content (AvgIpc) is 2.17. The second-order valence-corrected chi connectivity index (χ2v) is 3.26. The SMILES string of the molecule is Cc1cc2c(O)nc(O)nc2c(=O)n1C. The van der Waals surface area contributed by atoms with Gasteiger partial charge in [-0.3, -0.25) is 4.79 Å². The van der Waals surface area contributed by atoms with Gasteiger partial charge in [-0.1, -0.05) is 0 Å². The molecule has 0 spiro atoms. The van der Waals surface area contributed by atoms with Crippen LogP contribution in [0.3, 0.4) is 0 Å². The lowest BCUT2D eigenvalue weighted by atomic mass is 10.2. The monoisotopic (exact) mass is 207 g/mol. The lowest BCUT2D eigenvalue weighted by Gasteiger charge is -2.05. The highest BCUT2D eigenvalue weighted by molar-refractivity contribution is 5.82. The molecule has 15 heavy (non-hydrogen) atoms. The number of pyridine rings is 1. The Morgan fingerprint density at radius 1 is 1.33 bits per heavy atom. The minimum atomic E-state index is -0.610. The van der Waals surface area contributed by atoms with Crippen molar-refractivity contribution >= 4 is 10.9 Å². The highest BCUT2D eigenvalue weighted by Crippen LogP contribution is 2.21. The first-order chi connectivity index (χ1) is 7.00. The maximum absolute atomic E-state index is 11.7. The van der Waals surface area contributed by atoms with E-state index in [1.807, 2.05) is 0 Å².